The molecule has 3 rings (SSSR count). The van der Waals surface area contributed by atoms with Crippen molar-refractivity contribution in [1.82, 2.24) is 10.2 Å². The Bertz CT molecular complexity index is 892. The molecule has 1 N–H and O–H groups in total. The average molecular weight is 386 g/mol. The summed E-state index contributed by atoms with van der Waals surface area (Å²) >= 11 is 3.39. The molecule has 0 aliphatic heterocycles. The number of aromatic nitrogens is 2. The average Bonchev–Trinajstić information content (AvgIpc) is 3.10. The van der Waals surface area contributed by atoms with Crippen LogP contribution >= 0.6 is 23.5 Å². The molecule has 0 unspecified atom stereocenters. The molecule has 1 heterocycles. The third-order valence-electron chi connectivity index (χ3n) is 3.45. The van der Waals surface area contributed by atoms with Crippen LogP contribution in [0.4, 0.5) is 6.01 Å². The van der Waals surface area contributed by atoms with E-state index in [-0.39, 0.29) is 11.9 Å². The Kier molecular flexibility index (Phi) is 6.00. The highest BCUT2D eigenvalue weighted by atomic mass is 32.2. The molecule has 1 aromatic heterocycles. The number of carbonyl (C=O) groups is 1. The molecule has 0 bridgehead atoms. The lowest BCUT2D eigenvalue weighted by Crippen LogP contribution is -2.11. The number of hydrogen-bond donors (Lipinski definition) is 1. The summed E-state index contributed by atoms with van der Waals surface area (Å²) in [6.07, 6.45) is 2.00. The van der Waals surface area contributed by atoms with Crippen LogP contribution in [0, 0.1) is 0 Å². The highest BCUT2D eigenvalue weighted by Gasteiger charge is 2.13. The van der Waals surface area contributed by atoms with Gasteiger partial charge in [0, 0.05) is 26.2 Å². The van der Waals surface area contributed by atoms with Crippen LogP contribution in [0.3, 0.4) is 0 Å². The standard InChI is InChI=1S/C19H19N3O2S2/c1-12(2)26-15-9-7-13(8-10-15)17(23)20-19-22-21-18(24-19)14-5-4-6-16(11-14)25-3/h4-12H,1-3H3,(H,20,22,23). The van der Waals surface area contributed by atoms with Gasteiger partial charge < -0.3 is 4.42 Å². The maximum Gasteiger partial charge on any atom is 0.322 e. The number of hydrogen-bond acceptors (Lipinski definition) is 6. The molecule has 0 fully saturated rings. The van der Waals surface area contributed by atoms with E-state index in [4.69, 9.17) is 4.42 Å². The summed E-state index contributed by atoms with van der Waals surface area (Å²) in [6, 6.07) is 15.3. The van der Waals surface area contributed by atoms with Gasteiger partial charge in [-0.2, -0.15) is 0 Å². The molecule has 7 heteroatoms. The predicted molar refractivity (Wildman–Crippen MR) is 107 cm³/mol. The Hall–Kier alpha value is -2.25. The Morgan fingerprint density at radius 2 is 1.85 bits per heavy atom. The van der Waals surface area contributed by atoms with E-state index < -0.39 is 0 Å². The lowest BCUT2D eigenvalue weighted by Gasteiger charge is -2.05. The molecule has 134 valence electrons. The van der Waals surface area contributed by atoms with E-state index in [0.29, 0.717) is 16.7 Å². The highest BCUT2D eigenvalue weighted by Crippen LogP contribution is 2.25. The second kappa shape index (κ2) is 8.42. The van der Waals surface area contributed by atoms with Gasteiger partial charge in [0.25, 0.3) is 5.91 Å². The third kappa shape index (κ3) is 4.68. The van der Waals surface area contributed by atoms with Crippen molar-refractivity contribution < 1.29 is 9.21 Å². The molecule has 5 nitrogen and oxygen atoms in total. The van der Waals surface area contributed by atoms with Crippen LogP contribution in [-0.2, 0) is 0 Å². The maximum atomic E-state index is 12.3. The van der Waals surface area contributed by atoms with Gasteiger partial charge in [0.05, 0.1) is 0 Å². The van der Waals surface area contributed by atoms with Crippen molar-refractivity contribution in [2.24, 2.45) is 0 Å². The van der Waals surface area contributed by atoms with Crippen LogP contribution in [0.1, 0.15) is 24.2 Å². The monoisotopic (exact) mass is 385 g/mol. The summed E-state index contributed by atoms with van der Waals surface area (Å²) in [5, 5.41) is 11.1. The summed E-state index contributed by atoms with van der Waals surface area (Å²) in [4.78, 5) is 14.6. The number of carbonyl (C=O) groups excluding carboxylic acids is 1. The van der Waals surface area contributed by atoms with Crippen LogP contribution in [0.5, 0.6) is 0 Å². The number of amides is 1. The normalized spacial score (nSPS) is 10.9. The molecule has 0 spiro atoms. The number of thioether (sulfide) groups is 2. The minimum absolute atomic E-state index is 0.0835. The number of rotatable bonds is 6. The quantitative estimate of drug-likeness (QED) is 0.587. The summed E-state index contributed by atoms with van der Waals surface area (Å²) in [7, 11) is 0. The van der Waals surface area contributed by atoms with E-state index in [1.807, 2.05) is 42.7 Å². The van der Waals surface area contributed by atoms with Gasteiger partial charge in [0.15, 0.2) is 0 Å². The fourth-order valence-electron chi connectivity index (χ4n) is 2.27. The minimum atomic E-state index is -0.279. The molecular formula is C19H19N3O2S2. The Labute approximate surface area is 161 Å². The number of nitrogens with one attached hydrogen (secondary N) is 1. The molecule has 26 heavy (non-hydrogen) atoms. The molecule has 2 aromatic carbocycles. The second-order valence-corrected chi connectivity index (χ2v) is 8.32. The topological polar surface area (TPSA) is 68.0 Å². The Morgan fingerprint density at radius 3 is 2.54 bits per heavy atom. The third-order valence-corrected chi connectivity index (χ3v) is 5.19. The molecule has 0 saturated heterocycles. The second-order valence-electron chi connectivity index (χ2n) is 5.79. The largest absolute Gasteiger partial charge is 0.403 e. The van der Waals surface area contributed by atoms with Gasteiger partial charge in [-0.1, -0.05) is 25.0 Å². The van der Waals surface area contributed by atoms with E-state index >= 15 is 0 Å². The highest BCUT2D eigenvalue weighted by molar-refractivity contribution is 8.00. The number of nitrogens with zero attached hydrogens (tertiary/aromatic N) is 2. The van der Waals surface area contributed by atoms with Crippen LogP contribution < -0.4 is 5.32 Å². The zero-order valence-electron chi connectivity index (χ0n) is 14.7. The van der Waals surface area contributed by atoms with Crippen LogP contribution in [-0.4, -0.2) is 27.6 Å². The first-order chi connectivity index (χ1) is 12.5. The van der Waals surface area contributed by atoms with Gasteiger partial charge in [-0.3, -0.25) is 10.1 Å². The van der Waals surface area contributed by atoms with E-state index in [9.17, 15) is 4.79 Å². The van der Waals surface area contributed by atoms with Crippen LogP contribution in [0.25, 0.3) is 11.5 Å². The van der Waals surface area contributed by atoms with Crippen LogP contribution in [0.15, 0.2) is 62.7 Å². The molecule has 0 radical (unpaired) electrons. The van der Waals surface area contributed by atoms with E-state index in [1.54, 1.807) is 35.7 Å². The predicted octanol–water partition coefficient (Wildman–Crippen LogP) is 5.21. The van der Waals surface area contributed by atoms with Crippen LogP contribution in [0.2, 0.25) is 0 Å². The van der Waals surface area contributed by atoms with Gasteiger partial charge in [0.1, 0.15) is 0 Å². The minimum Gasteiger partial charge on any atom is -0.403 e. The number of benzene rings is 2. The molecule has 1 amide bonds. The fraction of sp³-hybridized carbons (Fsp3) is 0.211. The van der Waals surface area contributed by atoms with Crippen molar-refractivity contribution in [2.75, 3.05) is 11.6 Å². The smallest absolute Gasteiger partial charge is 0.322 e. The van der Waals surface area contributed by atoms with E-state index in [2.05, 4.69) is 29.4 Å². The molecular weight excluding hydrogens is 366 g/mol. The molecule has 0 aliphatic rings. The van der Waals surface area contributed by atoms with Crippen molar-refractivity contribution >= 4 is 35.4 Å². The summed E-state index contributed by atoms with van der Waals surface area (Å²) in [6.45, 7) is 4.26. The first-order valence-corrected chi connectivity index (χ1v) is 10.2. The molecule has 0 saturated carbocycles. The van der Waals surface area contributed by atoms with Gasteiger partial charge in [-0.05, 0) is 48.7 Å². The summed E-state index contributed by atoms with van der Waals surface area (Å²) in [5.41, 5.74) is 1.36. The zero-order chi connectivity index (χ0) is 18.5. The fourth-order valence-corrected chi connectivity index (χ4v) is 3.57. The summed E-state index contributed by atoms with van der Waals surface area (Å²) < 4.78 is 5.57. The first-order valence-electron chi connectivity index (χ1n) is 8.11. The Balaban J connectivity index is 1.69. The maximum absolute atomic E-state index is 12.3. The van der Waals surface area contributed by atoms with Crippen molar-refractivity contribution in [1.29, 1.82) is 0 Å². The van der Waals surface area contributed by atoms with E-state index in [0.717, 1.165) is 15.4 Å². The SMILES string of the molecule is CSc1cccc(-c2nnc(NC(=O)c3ccc(SC(C)C)cc3)o2)c1. The summed E-state index contributed by atoms with van der Waals surface area (Å²) in [5.74, 6) is 0.0963. The van der Waals surface area contributed by atoms with Gasteiger partial charge >= 0.3 is 6.01 Å². The lowest BCUT2D eigenvalue weighted by molar-refractivity contribution is 0.102. The van der Waals surface area contributed by atoms with Gasteiger partial charge in [0.2, 0.25) is 5.89 Å². The molecule has 0 atom stereocenters. The van der Waals surface area contributed by atoms with Crippen molar-refractivity contribution in [3.8, 4) is 11.5 Å². The molecule has 0 aliphatic carbocycles. The first kappa shape index (κ1) is 18.5. The Morgan fingerprint density at radius 1 is 1.08 bits per heavy atom. The number of anilines is 1. The van der Waals surface area contributed by atoms with Crippen molar-refractivity contribution in [3.05, 3.63) is 54.1 Å². The zero-order valence-corrected chi connectivity index (χ0v) is 16.4. The van der Waals surface area contributed by atoms with Gasteiger partial charge in [-0.25, -0.2) is 0 Å². The van der Waals surface area contributed by atoms with Gasteiger partial charge in [-0.15, -0.1) is 28.6 Å². The van der Waals surface area contributed by atoms with E-state index in [1.165, 1.54) is 0 Å². The lowest BCUT2D eigenvalue weighted by atomic mass is 10.2. The van der Waals surface area contributed by atoms with Crippen molar-refractivity contribution in [3.63, 3.8) is 0 Å². The van der Waals surface area contributed by atoms with Crippen molar-refractivity contribution in [2.45, 2.75) is 28.9 Å². The molecule has 3 aromatic rings.